The predicted octanol–water partition coefficient (Wildman–Crippen LogP) is 2.15. The minimum atomic E-state index is -1.37. The molecule has 0 spiro atoms. The number of nitro benzene ring substituents is 1. The molecule has 22 heavy (non-hydrogen) atoms. The van der Waals surface area contributed by atoms with Gasteiger partial charge in [0.2, 0.25) is 0 Å². The van der Waals surface area contributed by atoms with Crippen LogP contribution in [0.15, 0.2) is 54.6 Å². The number of aliphatic carboxylic acids is 1. The number of hydrogen-bond donors (Lipinski definition) is 2. The molecule has 0 aliphatic carbocycles. The highest BCUT2D eigenvalue weighted by Crippen LogP contribution is 2.20. The molecule has 0 aliphatic heterocycles. The molecule has 7 nitrogen and oxygen atoms in total. The smallest absolute Gasteiger partial charge is 0.330 e. The highest BCUT2D eigenvalue weighted by atomic mass is 16.6. The molecule has 2 aromatic rings. The largest absolute Gasteiger partial charge is 0.479 e. The first kappa shape index (κ1) is 15.2. The van der Waals surface area contributed by atoms with Crippen LogP contribution < -0.4 is 5.32 Å². The molecule has 0 saturated heterocycles. The molecule has 2 N–H and O–H groups in total. The van der Waals surface area contributed by atoms with E-state index in [0.29, 0.717) is 5.56 Å². The third-order valence-electron chi connectivity index (χ3n) is 2.97. The molecule has 7 heteroatoms. The molecular formula is C15H12N2O5. The van der Waals surface area contributed by atoms with Gasteiger partial charge < -0.3 is 10.4 Å². The van der Waals surface area contributed by atoms with Crippen molar-refractivity contribution in [1.82, 2.24) is 5.32 Å². The van der Waals surface area contributed by atoms with E-state index in [2.05, 4.69) is 5.32 Å². The van der Waals surface area contributed by atoms with Gasteiger partial charge in [-0.15, -0.1) is 0 Å². The first-order chi connectivity index (χ1) is 10.5. The highest BCUT2D eigenvalue weighted by molar-refractivity contribution is 5.96. The number of carbonyl (C=O) groups excluding carboxylic acids is 1. The number of nitro groups is 1. The summed E-state index contributed by atoms with van der Waals surface area (Å²) in [6, 6.07) is 11.9. The Labute approximate surface area is 125 Å². The van der Waals surface area contributed by atoms with E-state index in [1.165, 1.54) is 18.2 Å². The van der Waals surface area contributed by atoms with Gasteiger partial charge in [0, 0.05) is 17.7 Å². The third-order valence-corrected chi connectivity index (χ3v) is 2.97. The molecule has 0 aromatic heterocycles. The number of carboxylic acids is 1. The molecule has 1 atom stereocenters. The summed E-state index contributed by atoms with van der Waals surface area (Å²) in [6.45, 7) is 0. The maximum absolute atomic E-state index is 12.0. The lowest BCUT2D eigenvalue weighted by Gasteiger charge is -2.14. The number of amides is 1. The van der Waals surface area contributed by atoms with Crippen LogP contribution in [-0.2, 0) is 4.79 Å². The Morgan fingerprint density at radius 2 is 1.77 bits per heavy atom. The van der Waals surface area contributed by atoms with Gasteiger partial charge in [-0.25, -0.2) is 4.79 Å². The van der Waals surface area contributed by atoms with Crippen LogP contribution in [0.4, 0.5) is 5.69 Å². The van der Waals surface area contributed by atoms with Gasteiger partial charge in [-0.05, 0) is 17.7 Å². The first-order valence-corrected chi connectivity index (χ1v) is 6.32. The fraction of sp³-hybridized carbons (Fsp3) is 0.0667. The Morgan fingerprint density at radius 1 is 1.09 bits per heavy atom. The third kappa shape index (κ3) is 3.45. The standard InChI is InChI=1S/C15H12N2O5/c18-14(10-5-2-1-3-6-10)16-13(15(19)20)11-7-4-8-12(9-11)17(21)22/h1-9,13H,(H,16,18)(H,19,20)/t13-/m0/s1. The zero-order valence-corrected chi connectivity index (χ0v) is 11.3. The van der Waals surface area contributed by atoms with Gasteiger partial charge in [0.05, 0.1) is 4.92 Å². The second-order valence-electron chi connectivity index (χ2n) is 4.46. The van der Waals surface area contributed by atoms with E-state index >= 15 is 0 Å². The van der Waals surface area contributed by atoms with Crippen molar-refractivity contribution in [3.8, 4) is 0 Å². The lowest BCUT2D eigenvalue weighted by Crippen LogP contribution is -2.33. The lowest BCUT2D eigenvalue weighted by atomic mass is 10.1. The van der Waals surface area contributed by atoms with Crippen molar-refractivity contribution in [2.45, 2.75) is 6.04 Å². The fourth-order valence-electron chi connectivity index (χ4n) is 1.91. The number of non-ortho nitro benzene ring substituents is 1. The number of hydrogen-bond acceptors (Lipinski definition) is 4. The monoisotopic (exact) mass is 300 g/mol. The summed E-state index contributed by atoms with van der Waals surface area (Å²) in [4.78, 5) is 33.5. The Hall–Kier alpha value is -3.22. The SMILES string of the molecule is O=C(N[C@H](C(=O)O)c1cccc([N+](=O)[O-])c1)c1ccccc1. The van der Waals surface area contributed by atoms with Crippen LogP contribution >= 0.6 is 0 Å². The maximum atomic E-state index is 12.0. The van der Waals surface area contributed by atoms with Crippen molar-refractivity contribution in [1.29, 1.82) is 0 Å². The van der Waals surface area contributed by atoms with E-state index in [1.807, 2.05) is 0 Å². The number of carbonyl (C=O) groups is 2. The van der Waals surface area contributed by atoms with Gasteiger partial charge in [0.15, 0.2) is 6.04 Å². The van der Waals surface area contributed by atoms with Gasteiger partial charge in [0.25, 0.3) is 11.6 Å². The average Bonchev–Trinajstić information content (AvgIpc) is 2.53. The van der Waals surface area contributed by atoms with Gasteiger partial charge in [-0.2, -0.15) is 0 Å². The zero-order valence-electron chi connectivity index (χ0n) is 11.3. The number of nitrogens with one attached hydrogen (secondary N) is 1. The van der Waals surface area contributed by atoms with E-state index in [0.717, 1.165) is 6.07 Å². The van der Waals surface area contributed by atoms with E-state index in [1.54, 1.807) is 30.3 Å². The first-order valence-electron chi connectivity index (χ1n) is 6.32. The number of benzene rings is 2. The molecule has 2 rings (SSSR count). The zero-order chi connectivity index (χ0) is 16.1. The molecule has 1 amide bonds. The molecule has 0 saturated carbocycles. The van der Waals surface area contributed by atoms with E-state index < -0.39 is 22.8 Å². The molecule has 0 heterocycles. The van der Waals surface area contributed by atoms with E-state index in [4.69, 9.17) is 0 Å². The van der Waals surface area contributed by atoms with Crippen LogP contribution in [0.25, 0.3) is 0 Å². The normalized spacial score (nSPS) is 11.5. The van der Waals surface area contributed by atoms with Gasteiger partial charge in [-0.3, -0.25) is 14.9 Å². The summed E-state index contributed by atoms with van der Waals surface area (Å²) < 4.78 is 0. The summed E-state index contributed by atoms with van der Waals surface area (Å²) >= 11 is 0. The molecule has 0 fully saturated rings. The summed E-state index contributed by atoms with van der Waals surface area (Å²) in [6.07, 6.45) is 0. The summed E-state index contributed by atoms with van der Waals surface area (Å²) in [7, 11) is 0. The topological polar surface area (TPSA) is 110 Å². The molecule has 0 aliphatic rings. The lowest BCUT2D eigenvalue weighted by molar-refractivity contribution is -0.384. The minimum Gasteiger partial charge on any atom is -0.479 e. The number of carboxylic acid groups (broad SMARTS) is 1. The summed E-state index contributed by atoms with van der Waals surface area (Å²) in [5, 5.41) is 22.4. The van der Waals surface area contributed by atoms with Crippen LogP contribution in [0.3, 0.4) is 0 Å². The summed E-state index contributed by atoms with van der Waals surface area (Å²) in [5.41, 5.74) is 0.197. The molecular weight excluding hydrogens is 288 g/mol. The van der Waals surface area contributed by atoms with Gasteiger partial charge >= 0.3 is 5.97 Å². The van der Waals surface area contributed by atoms with Crippen molar-refractivity contribution in [2.24, 2.45) is 0 Å². The molecule has 0 radical (unpaired) electrons. The van der Waals surface area contributed by atoms with Gasteiger partial charge in [-0.1, -0.05) is 30.3 Å². The van der Waals surface area contributed by atoms with Crippen LogP contribution in [0, 0.1) is 10.1 Å². The van der Waals surface area contributed by atoms with Crippen molar-refractivity contribution in [3.63, 3.8) is 0 Å². The van der Waals surface area contributed by atoms with Crippen molar-refractivity contribution in [2.75, 3.05) is 0 Å². The van der Waals surface area contributed by atoms with Crippen LogP contribution in [0.1, 0.15) is 22.0 Å². The Morgan fingerprint density at radius 3 is 2.36 bits per heavy atom. The highest BCUT2D eigenvalue weighted by Gasteiger charge is 2.24. The van der Waals surface area contributed by atoms with Crippen LogP contribution in [0.5, 0.6) is 0 Å². The molecule has 2 aromatic carbocycles. The average molecular weight is 300 g/mol. The van der Waals surface area contributed by atoms with E-state index in [-0.39, 0.29) is 11.3 Å². The van der Waals surface area contributed by atoms with Crippen LogP contribution in [0.2, 0.25) is 0 Å². The number of rotatable bonds is 5. The Balaban J connectivity index is 2.28. The maximum Gasteiger partial charge on any atom is 0.330 e. The Kier molecular flexibility index (Phi) is 4.47. The van der Waals surface area contributed by atoms with Crippen molar-refractivity contribution >= 4 is 17.6 Å². The fourth-order valence-corrected chi connectivity index (χ4v) is 1.91. The molecule has 112 valence electrons. The summed E-state index contributed by atoms with van der Waals surface area (Å²) in [5.74, 6) is -1.87. The quantitative estimate of drug-likeness (QED) is 0.649. The van der Waals surface area contributed by atoms with E-state index in [9.17, 15) is 24.8 Å². The van der Waals surface area contributed by atoms with Gasteiger partial charge in [0.1, 0.15) is 0 Å². The molecule has 0 unspecified atom stereocenters. The van der Waals surface area contributed by atoms with Crippen molar-refractivity contribution in [3.05, 3.63) is 75.8 Å². The second-order valence-corrected chi connectivity index (χ2v) is 4.46. The second kappa shape index (κ2) is 6.49. The number of nitrogens with zero attached hydrogens (tertiary/aromatic N) is 1. The van der Waals surface area contributed by atoms with Crippen molar-refractivity contribution < 1.29 is 19.6 Å². The molecule has 0 bridgehead atoms. The Bertz CT molecular complexity index is 715. The van der Waals surface area contributed by atoms with Crippen LogP contribution in [-0.4, -0.2) is 21.9 Å². The minimum absolute atomic E-state index is 0.131. The predicted molar refractivity (Wildman–Crippen MR) is 77.4 cm³/mol.